The lowest BCUT2D eigenvalue weighted by Crippen LogP contribution is -2.49. The van der Waals surface area contributed by atoms with Crippen LogP contribution in [0.15, 0.2) is 53.0 Å². The van der Waals surface area contributed by atoms with E-state index >= 15 is 0 Å². The second-order valence-corrected chi connectivity index (χ2v) is 12.7. The van der Waals surface area contributed by atoms with Crippen LogP contribution in [-0.2, 0) is 4.79 Å². The van der Waals surface area contributed by atoms with Gasteiger partial charge in [-0.05, 0) is 94.1 Å². The number of benzene rings is 2. The average Bonchev–Trinajstić information content (AvgIpc) is 3.38. The number of fused-ring (bicyclic) bond motifs is 1. The van der Waals surface area contributed by atoms with Gasteiger partial charge in [0.05, 0.1) is 0 Å². The first-order chi connectivity index (χ1) is 21.0. The first-order valence-electron chi connectivity index (χ1n) is 15.9. The van der Waals surface area contributed by atoms with Gasteiger partial charge in [0.15, 0.2) is 17.3 Å². The number of ketones is 2. The van der Waals surface area contributed by atoms with E-state index < -0.39 is 5.82 Å². The molecule has 1 fully saturated rings. The molecule has 2 atom stereocenters. The van der Waals surface area contributed by atoms with Crippen molar-refractivity contribution in [3.05, 3.63) is 65.7 Å². The summed E-state index contributed by atoms with van der Waals surface area (Å²) in [7, 11) is 0. The van der Waals surface area contributed by atoms with Crippen LogP contribution in [-0.4, -0.2) is 48.4 Å². The molecule has 7 nitrogen and oxygen atoms in total. The lowest BCUT2D eigenvalue weighted by molar-refractivity contribution is -0.117. The highest BCUT2D eigenvalue weighted by atomic mass is 19.1. The molecule has 8 heteroatoms. The van der Waals surface area contributed by atoms with Crippen molar-refractivity contribution in [3.63, 3.8) is 0 Å². The fourth-order valence-corrected chi connectivity index (χ4v) is 5.22. The van der Waals surface area contributed by atoms with Crippen LogP contribution in [0.3, 0.4) is 0 Å². The van der Waals surface area contributed by atoms with Crippen molar-refractivity contribution in [2.24, 2.45) is 5.92 Å². The molecule has 3 aromatic rings. The topological polar surface area (TPSA) is 89.8 Å². The molecule has 0 bridgehead atoms. The largest absolute Gasteiger partial charge is 0.490 e. The van der Waals surface area contributed by atoms with Crippen molar-refractivity contribution < 1.29 is 27.9 Å². The molecule has 2 aromatic carbocycles. The summed E-state index contributed by atoms with van der Waals surface area (Å²) in [5.74, 6) is 1.11. The number of Topliss-reactive ketones (excluding diaryl/α,β-unsaturated/α-hetero) is 1. The zero-order chi connectivity index (χ0) is 31.8. The van der Waals surface area contributed by atoms with E-state index in [1.54, 1.807) is 26.0 Å². The maximum absolute atomic E-state index is 14.2. The molecule has 0 saturated heterocycles. The van der Waals surface area contributed by atoms with Crippen LogP contribution >= 0.6 is 0 Å². The number of ether oxygens (including phenoxy) is 2. The standard InChI is InChI=1S/C36H47FN2O5/c1-22(2)33(40)14-10-26-16-29(11-13-32(26)37)42-25(6)21-38-24(5)8-7-9-34(41)36-18-27-17-30(12-15-35(27)44-36)43-31-19-28(20-31)39-23(3)4/h10-18,22-25,28,31,38-39H,7-9,19-21H2,1-6H3/b14-10+/t24?,25-,28?,31?/m1/s1. The number of halogens is 1. The molecule has 1 aliphatic rings. The summed E-state index contributed by atoms with van der Waals surface area (Å²) in [6, 6.07) is 13.3. The first-order valence-corrected chi connectivity index (χ1v) is 15.9. The summed E-state index contributed by atoms with van der Waals surface area (Å²) < 4.78 is 32.1. The van der Waals surface area contributed by atoms with Crippen LogP contribution in [0.1, 0.15) is 89.8 Å². The van der Waals surface area contributed by atoms with E-state index in [2.05, 4.69) is 31.4 Å². The van der Waals surface area contributed by atoms with Gasteiger partial charge in [-0.3, -0.25) is 9.59 Å². The molecular weight excluding hydrogens is 559 g/mol. The average molecular weight is 607 g/mol. The van der Waals surface area contributed by atoms with E-state index in [-0.39, 0.29) is 35.7 Å². The van der Waals surface area contributed by atoms with Gasteiger partial charge in [-0.2, -0.15) is 0 Å². The monoisotopic (exact) mass is 606 g/mol. The van der Waals surface area contributed by atoms with Gasteiger partial charge in [-0.25, -0.2) is 4.39 Å². The van der Waals surface area contributed by atoms with Crippen molar-refractivity contribution in [1.82, 2.24) is 10.6 Å². The Labute approximate surface area is 260 Å². The maximum Gasteiger partial charge on any atom is 0.198 e. The predicted octanol–water partition coefficient (Wildman–Crippen LogP) is 7.52. The quantitative estimate of drug-likeness (QED) is 0.121. The van der Waals surface area contributed by atoms with Crippen molar-refractivity contribution >= 4 is 28.6 Å². The lowest BCUT2D eigenvalue weighted by atomic mass is 9.88. The molecule has 0 radical (unpaired) electrons. The Bertz CT molecular complexity index is 1440. The van der Waals surface area contributed by atoms with Gasteiger partial charge < -0.3 is 24.5 Å². The summed E-state index contributed by atoms with van der Waals surface area (Å²) in [5, 5.41) is 7.86. The summed E-state index contributed by atoms with van der Waals surface area (Å²) >= 11 is 0. The van der Waals surface area contributed by atoms with Crippen LogP contribution < -0.4 is 20.1 Å². The second kappa shape index (κ2) is 15.5. The molecule has 4 rings (SSSR count). The normalized spacial score (nSPS) is 18.1. The molecule has 44 heavy (non-hydrogen) atoms. The molecule has 1 unspecified atom stereocenters. The van der Waals surface area contributed by atoms with Crippen LogP contribution in [0, 0.1) is 11.7 Å². The maximum atomic E-state index is 14.2. The van der Waals surface area contributed by atoms with Gasteiger partial charge in [0, 0.05) is 48.0 Å². The highest BCUT2D eigenvalue weighted by molar-refractivity contribution is 5.97. The summed E-state index contributed by atoms with van der Waals surface area (Å²) in [6.45, 7) is 12.5. The Balaban J connectivity index is 1.17. The number of hydrogen-bond donors (Lipinski definition) is 2. The van der Waals surface area contributed by atoms with Crippen LogP contribution in [0.5, 0.6) is 11.5 Å². The summed E-state index contributed by atoms with van der Waals surface area (Å²) in [4.78, 5) is 24.7. The van der Waals surface area contributed by atoms with Gasteiger partial charge in [0.2, 0.25) is 0 Å². The summed E-state index contributed by atoms with van der Waals surface area (Å²) in [5.41, 5.74) is 1.00. The van der Waals surface area contributed by atoms with Gasteiger partial charge in [0.1, 0.15) is 35.1 Å². The Hall–Kier alpha value is -3.49. The lowest BCUT2D eigenvalue weighted by Gasteiger charge is -2.37. The van der Waals surface area contributed by atoms with Crippen LogP contribution in [0.4, 0.5) is 4.39 Å². The van der Waals surface area contributed by atoms with Crippen molar-refractivity contribution in [3.8, 4) is 11.5 Å². The molecule has 238 valence electrons. The predicted molar refractivity (Wildman–Crippen MR) is 173 cm³/mol. The van der Waals surface area contributed by atoms with Crippen molar-refractivity contribution in [2.75, 3.05) is 6.54 Å². The van der Waals surface area contributed by atoms with Crippen LogP contribution in [0.2, 0.25) is 0 Å². The van der Waals surface area contributed by atoms with Gasteiger partial charge in [0.25, 0.3) is 0 Å². The van der Waals surface area contributed by atoms with Crippen LogP contribution in [0.25, 0.3) is 17.0 Å². The fraction of sp³-hybridized carbons (Fsp3) is 0.500. The third-order valence-electron chi connectivity index (χ3n) is 7.82. The SMILES string of the molecule is CC(C)NC1CC(Oc2ccc3oc(C(=O)CCCC(C)NC[C@@H](C)Oc4ccc(F)c(/C=C/C(=O)C(C)C)c4)cc3c2)C1. The van der Waals surface area contributed by atoms with Crippen molar-refractivity contribution in [2.45, 2.75) is 104 Å². The van der Waals surface area contributed by atoms with Gasteiger partial charge in [-0.1, -0.05) is 27.7 Å². The minimum atomic E-state index is -0.405. The highest BCUT2D eigenvalue weighted by Crippen LogP contribution is 2.30. The Morgan fingerprint density at radius 3 is 2.50 bits per heavy atom. The number of carbonyl (C=O) groups is 2. The van der Waals surface area contributed by atoms with Gasteiger partial charge >= 0.3 is 0 Å². The molecule has 1 aromatic heterocycles. The van der Waals surface area contributed by atoms with Gasteiger partial charge in [-0.15, -0.1) is 0 Å². The Kier molecular flexibility index (Phi) is 11.8. The van der Waals surface area contributed by atoms with E-state index in [0.29, 0.717) is 47.7 Å². The molecule has 0 amide bonds. The minimum Gasteiger partial charge on any atom is -0.490 e. The van der Waals surface area contributed by atoms with E-state index in [1.165, 1.54) is 18.2 Å². The third kappa shape index (κ3) is 9.76. The molecule has 1 saturated carbocycles. The number of nitrogens with one attached hydrogen (secondary N) is 2. The number of carbonyl (C=O) groups excluding carboxylic acids is 2. The number of furan rings is 1. The number of allylic oxidation sites excluding steroid dienone is 1. The Morgan fingerprint density at radius 1 is 1.02 bits per heavy atom. The number of hydrogen-bond acceptors (Lipinski definition) is 7. The van der Waals surface area contributed by atoms with Crippen molar-refractivity contribution in [1.29, 1.82) is 0 Å². The first kappa shape index (κ1) is 33.4. The Morgan fingerprint density at radius 2 is 1.77 bits per heavy atom. The van der Waals surface area contributed by atoms with E-state index in [0.717, 1.165) is 36.8 Å². The zero-order valence-corrected chi connectivity index (χ0v) is 26.8. The molecule has 0 spiro atoms. The van der Waals surface area contributed by atoms with E-state index in [1.807, 2.05) is 31.2 Å². The third-order valence-corrected chi connectivity index (χ3v) is 7.82. The molecule has 1 aliphatic carbocycles. The highest BCUT2D eigenvalue weighted by Gasteiger charge is 2.31. The fourth-order valence-electron chi connectivity index (χ4n) is 5.22. The molecule has 0 aliphatic heterocycles. The second-order valence-electron chi connectivity index (χ2n) is 12.7. The smallest absolute Gasteiger partial charge is 0.198 e. The summed E-state index contributed by atoms with van der Waals surface area (Å²) in [6.07, 6.45) is 6.90. The number of rotatable bonds is 17. The van der Waals surface area contributed by atoms with E-state index in [9.17, 15) is 14.0 Å². The molecule has 1 heterocycles. The molecule has 2 N–H and O–H groups in total. The van der Waals surface area contributed by atoms with E-state index in [4.69, 9.17) is 13.9 Å². The molecular formula is C36H47FN2O5. The minimum absolute atomic E-state index is 0.00887. The zero-order valence-electron chi connectivity index (χ0n) is 26.8.